The van der Waals surface area contributed by atoms with Crippen molar-refractivity contribution in [2.24, 2.45) is 0 Å². The predicted molar refractivity (Wildman–Crippen MR) is 134 cm³/mol. The average Bonchev–Trinajstić information content (AvgIpc) is 2.90. The summed E-state index contributed by atoms with van der Waals surface area (Å²) in [7, 11) is -3.76. The van der Waals surface area contributed by atoms with Gasteiger partial charge in [-0.05, 0) is 67.1 Å². The molecule has 8 heteroatoms. The van der Waals surface area contributed by atoms with Gasteiger partial charge in [0, 0.05) is 13.1 Å². The Bertz CT molecular complexity index is 1270. The highest BCUT2D eigenvalue weighted by molar-refractivity contribution is 7.92. The summed E-state index contributed by atoms with van der Waals surface area (Å²) in [6.07, 6.45) is 3.21. The molecule has 0 radical (unpaired) electrons. The molecule has 0 aliphatic carbocycles. The second-order valence-corrected chi connectivity index (χ2v) is 10.2. The summed E-state index contributed by atoms with van der Waals surface area (Å²) in [5.74, 6) is -1.06. The number of para-hydroxylation sites is 1. The number of anilines is 1. The van der Waals surface area contributed by atoms with Crippen LogP contribution in [0, 0.1) is 0 Å². The largest absolute Gasteiger partial charge is 0.452 e. The van der Waals surface area contributed by atoms with E-state index in [0.29, 0.717) is 18.8 Å². The summed E-state index contributed by atoms with van der Waals surface area (Å²) < 4.78 is 32.9. The van der Waals surface area contributed by atoms with Gasteiger partial charge in [-0.15, -0.1) is 0 Å². The number of carbonyl (C=O) groups is 2. The Balaban J connectivity index is 1.28. The van der Waals surface area contributed by atoms with Crippen LogP contribution in [0.25, 0.3) is 0 Å². The molecule has 0 unspecified atom stereocenters. The minimum atomic E-state index is -3.76. The fraction of sp³-hybridized carbons (Fsp3) is 0.259. The number of fused-ring (bicyclic) bond motifs is 1. The third-order valence-electron chi connectivity index (χ3n) is 5.89. The second kappa shape index (κ2) is 11.2. The predicted octanol–water partition coefficient (Wildman–Crippen LogP) is 3.73. The molecule has 1 amide bonds. The highest BCUT2D eigenvalue weighted by Crippen LogP contribution is 2.31. The van der Waals surface area contributed by atoms with Crippen molar-refractivity contribution in [2.75, 3.05) is 24.0 Å². The van der Waals surface area contributed by atoms with Crippen molar-refractivity contribution in [1.82, 2.24) is 5.32 Å². The van der Waals surface area contributed by atoms with Crippen LogP contribution in [0.1, 0.15) is 34.3 Å². The molecule has 7 nitrogen and oxygen atoms in total. The number of aryl methyl sites for hydroxylation is 2. The lowest BCUT2D eigenvalue weighted by molar-refractivity contribution is -0.124. The molecule has 1 aliphatic rings. The molecule has 0 fully saturated rings. The normalized spacial score (nSPS) is 13.1. The number of nitrogens with zero attached hydrogens (tertiary/aromatic N) is 1. The smallest absolute Gasteiger partial charge is 0.338 e. The number of nitrogens with one attached hydrogen (secondary N) is 1. The summed E-state index contributed by atoms with van der Waals surface area (Å²) in [5.41, 5.74) is 3.07. The van der Waals surface area contributed by atoms with Crippen molar-refractivity contribution in [1.29, 1.82) is 0 Å². The summed E-state index contributed by atoms with van der Waals surface area (Å²) in [6, 6.07) is 23.1. The van der Waals surface area contributed by atoms with Crippen LogP contribution >= 0.6 is 0 Å². The van der Waals surface area contributed by atoms with Crippen LogP contribution in [0.3, 0.4) is 0 Å². The fourth-order valence-corrected chi connectivity index (χ4v) is 5.61. The third-order valence-corrected chi connectivity index (χ3v) is 7.71. The SMILES string of the molecule is O=C(COC(=O)c1ccc(S(=O)(=O)N2CCCc3ccccc32)cc1)NCCCc1ccccc1. The van der Waals surface area contributed by atoms with Gasteiger partial charge in [0.05, 0.1) is 16.1 Å². The van der Waals surface area contributed by atoms with Gasteiger partial charge in [-0.1, -0.05) is 48.5 Å². The molecule has 35 heavy (non-hydrogen) atoms. The van der Waals surface area contributed by atoms with Gasteiger partial charge in [0.15, 0.2) is 6.61 Å². The van der Waals surface area contributed by atoms with E-state index < -0.39 is 22.6 Å². The Labute approximate surface area is 205 Å². The van der Waals surface area contributed by atoms with Crippen LogP contribution in [-0.2, 0) is 32.4 Å². The highest BCUT2D eigenvalue weighted by Gasteiger charge is 2.29. The molecule has 0 saturated heterocycles. The Morgan fingerprint density at radius 2 is 1.63 bits per heavy atom. The van der Waals surface area contributed by atoms with E-state index in [9.17, 15) is 18.0 Å². The van der Waals surface area contributed by atoms with Gasteiger partial charge in [0.1, 0.15) is 0 Å². The third kappa shape index (κ3) is 6.08. The zero-order valence-electron chi connectivity index (χ0n) is 19.4. The zero-order chi connectivity index (χ0) is 24.7. The van der Waals surface area contributed by atoms with Gasteiger partial charge in [0.25, 0.3) is 15.9 Å². The van der Waals surface area contributed by atoms with Crippen molar-refractivity contribution >= 4 is 27.6 Å². The maximum Gasteiger partial charge on any atom is 0.338 e. The Morgan fingerprint density at radius 1 is 0.914 bits per heavy atom. The average molecular weight is 493 g/mol. The number of amides is 1. The van der Waals surface area contributed by atoms with Gasteiger partial charge >= 0.3 is 5.97 Å². The lowest BCUT2D eigenvalue weighted by Crippen LogP contribution is -2.35. The minimum absolute atomic E-state index is 0.0990. The van der Waals surface area contributed by atoms with Crippen LogP contribution < -0.4 is 9.62 Å². The van der Waals surface area contributed by atoms with E-state index in [1.165, 1.54) is 34.1 Å². The highest BCUT2D eigenvalue weighted by atomic mass is 32.2. The number of hydrogen-bond acceptors (Lipinski definition) is 5. The standard InChI is InChI=1S/C27H28N2O5S/c30-26(28-18-6-10-21-8-2-1-3-9-21)20-34-27(31)23-14-16-24(17-15-23)35(32,33)29-19-7-12-22-11-4-5-13-25(22)29/h1-5,8-9,11,13-17H,6-7,10,12,18-20H2,(H,28,30). The summed E-state index contributed by atoms with van der Waals surface area (Å²) in [6.45, 7) is 0.496. The van der Waals surface area contributed by atoms with Gasteiger partial charge in [0.2, 0.25) is 0 Å². The van der Waals surface area contributed by atoms with E-state index in [4.69, 9.17) is 4.74 Å². The van der Waals surface area contributed by atoms with Crippen molar-refractivity contribution in [3.05, 3.63) is 95.6 Å². The number of sulfonamides is 1. The molecule has 1 N–H and O–H groups in total. The van der Waals surface area contributed by atoms with E-state index in [2.05, 4.69) is 5.32 Å². The monoisotopic (exact) mass is 492 g/mol. The molecular formula is C27H28N2O5S. The van der Waals surface area contributed by atoms with Crippen LogP contribution in [0.5, 0.6) is 0 Å². The van der Waals surface area contributed by atoms with Gasteiger partial charge < -0.3 is 10.1 Å². The summed E-state index contributed by atoms with van der Waals surface area (Å²) in [5, 5.41) is 2.73. The van der Waals surface area contributed by atoms with E-state index in [-0.39, 0.29) is 16.4 Å². The molecule has 1 heterocycles. The number of carbonyl (C=O) groups excluding carboxylic acids is 2. The molecule has 1 aliphatic heterocycles. The van der Waals surface area contributed by atoms with Crippen molar-refractivity contribution in [3.8, 4) is 0 Å². The van der Waals surface area contributed by atoms with Gasteiger partial charge in [-0.3, -0.25) is 9.10 Å². The summed E-state index contributed by atoms with van der Waals surface area (Å²) in [4.78, 5) is 24.4. The van der Waals surface area contributed by atoms with Crippen LogP contribution in [-0.4, -0.2) is 40.0 Å². The van der Waals surface area contributed by atoms with E-state index in [0.717, 1.165) is 31.2 Å². The van der Waals surface area contributed by atoms with Crippen molar-refractivity contribution in [3.63, 3.8) is 0 Å². The van der Waals surface area contributed by atoms with Crippen LogP contribution in [0.15, 0.2) is 83.8 Å². The molecule has 0 spiro atoms. The maximum absolute atomic E-state index is 13.2. The maximum atomic E-state index is 13.2. The lowest BCUT2D eigenvalue weighted by Gasteiger charge is -2.30. The lowest BCUT2D eigenvalue weighted by atomic mass is 10.0. The minimum Gasteiger partial charge on any atom is -0.452 e. The number of hydrogen-bond donors (Lipinski definition) is 1. The Hall–Kier alpha value is -3.65. The van der Waals surface area contributed by atoms with Crippen LogP contribution in [0.2, 0.25) is 0 Å². The fourth-order valence-electron chi connectivity index (χ4n) is 4.07. The quantitative estimate of drug-likeness (QED) is 0.363. The van der Waals surface area contributed by atoms with Gasteiger partial charge in [-0.25, -0.2) is 13.2 Å². The molecule has 182 valence electrons. The first kappa shape index (κ1) is 24.5. The first-order valence-electron chi connectivity index (χ1n) is 11.6. The Kier molecular flexibility index (Phi) is 7.82. The van der Waals surface area contributed by atoms with E-state index >= 15 is 0 Å². The summed E-state index contributed by atoms with van der Waals surface area (Å²) >= 11 is 0. The molecular weight excluding hydrogens is 464 g/mol. The number of esters is 1. The Morgan fingerprint density at radius 3 is 2.40 bits per heavy atom. The molecule has 4 rings (SSSR count). The molecule has 0 aromatic heterocycles. The van der Waals surface area contributed by atoms with Crippen molar-refractivity contribution < 1.29 is 22.7 Å². The molecule has 0 atom stereocenters. The molecule has 3 aromatic carbocycles. The topological polar surface area (TPSA) is 92.8 Å². The second-order valence-electron chi connectivity index (χ2n) is 8.35. The zero-order valence-corrected chi connectivity index (χ0v) is 20.2. The number of benzene rings is 3. The number of rotatable bonds is 9. The van der Waals surface area contributed by atoms with E-state index in [1.54, 1.807) is 0 Å². The first-order valence-corrected chi connectivity index (χ1v) is 13.1. The first-order chi connectivity index (χ1) is 16.9. The van der Waals surface area contributed by atoms with Crippen LogP contribution in [0.4, 0.5) is 5.69 Å². The van der Waals surface area contributed by atoms with Gasteiger partial charge in [-0.2, -0.15) is 0 Å². The molecule has 0 bridgehead atoms. The van der Waals surface area contributed by atoms with Crippen molar-refractivity contribution in [2.45, 2.75) is 30.6 Å². The van der Waals surface area contributed by atoms with E-state index in [1.807, 2.05) is 54.6 Å². The molecule has 3 aromatic rings. The molecule has 0 saturated carbocycles. The number of ether oxygens (including phenoxy) is 1.